The number of nitrogens with zero attached hydrogens (tertiary/aromatic N) is 4. The van der Waals surface area contributed by atoms with Crippen molar-refractivity contribution in [1.82, 2.24) is 18.9 Å². The van der Waals surface area contributed by atoms with Crippen LogP contribution in [0.2, 0.25) is 5.02 Å². The Balaban J connectivity index is 2.15. The van der Waals surface area contributed by atoms with Crippen LogP contribution in [-0.2, 0) is 6.54 Å². The molecular formula is C21H23ClN4O3. The summed E-state index contributed by atoms with van der Waals surface area (Å²) in [4.78, 5) is 31.7. The third-order valence-corrected chi connectivity index (χ3v) is 5.26. The maximum atomic E-state index is 13.1. The average molecular weight is 415 g/mol. The number of halogens is 1. The van der Waals surface area contributed by atoms with E-state index in [0.717, 1.165) is 0 Å². The number of aliphatic hydroxyl groups excluding tert-OH is 1. The maximum absolute atomic E-state index is 13.1. The van der Waals surface area contributed by atoms with Crippen molar-refractivity contribution < 1.29 is 9.90 Å². The molecule has 1 aromatic carbocycles. The summed E-state index contributed by atoms with van der Waals surface area (Å²) in [5.41, 5.74) is 1.27. The van der Waals surface area contributed by atoms with E-state index in [0.29, 0.717) is 22.7 Å². The molecule has 0 spiro atoms. The summed E-state index contributed by atoms with van der Waals surface area (Å²) >= 11 is 6.35. The lowest BCUT2D eigenvalue weighted by Crippen LogP contribution is -2.35. The largest absolute Gasteiger partial charge is 0.396 e. The predicted molar refractivity (Wildman–Crippen MR) is 113 cm³/mol. The Hall–Kier alpha value is -2.90. The molecule has 2 heterocycles. The molecule has 3 aromatic rings. The van der Waals surface area contributed by atoms with Crippen LogP contribution in [0.4, 0.5) is 0 Å². The summed E-state index contributed by atoms with van der Waals surface area (Å²) in [5.74, 6) is -0.316. The highest BCUT2D eigenvalue weighted by Gasteiger charge is 2.22. The summed E-state index contributed by atoms with van der Waals surface area (Å²) in [6.45, 7) is 5.83. The monoisotopic (exact) mass is 414 g/mol. The molecule has 0 bridgehead atoms. The van der Waals surface area contributed by atoms with Crippen molar-refractivity contribution in [3.63, 3.8) is 0 Å². The third kappa shape index (κ3) is 3.97. The summed E-state index contributed by atoms with van der Waals surface area (Å²) in [7, 11) is 1.65. The van der Waals surface area contributed by atoms with Gasteiger partial charge in [0.1, 0.15) is 5.69 Å². The Kier molecular flexibility index (Phi) is 6.20. The van der Waals surface area contributed by atoms with Crippen LogP contribution in [0.5, 0.6) is 0 Å². The highest BCUT2D eigenvalue weighted by Crippen LogP contribution is 2.27. The van der Waals surface area contributed by atoms with E-state index in [-0.39, 0.29) is 42.0 Å². The first-order valence-electron chi connectivity index (χ1n) is 9.25. The van der Waals surface area contributed by atoms with Gasteiger partial charge in [-0.1, -0.05) is 35.9 Å². The van der Waals surface area contributed by atoms with Gasteiger partial charge in [0.25, 0.3) is 11.5 Å². The topological polar surface area (TPSA) is 79.8 Å². The van der Waals surface area contributed by atoms with E-state index in [1.165, 1.54) is 9.47 Å². The Labute approximate surface area is 173 Å². The lowest BCUT2D eigenvalue weighted by molar-refractivity contribution is 0.0717. The van der Waals surface area contributed by atoms with Crippen LogP contribution >= 0.6 is 11.6 Å². The first-order chi connectivity index (χ1) is 13.9. The van der Waals surface area contributed by atoms with Gasteiger partial charge in [-0.3, -0.25) is 18.6 Å². The van der Waals surface area contributed by atoms with Crippen molar-refractivity contribution in [3.05, 3.63) is 70.4 Å². The highest BCUT2D eigenvalue weighted by atomic mass is 35.5. The second-order valence-electron chi connectivity index (χ2n) is 6.83. The van der Waals surface area contributed by atoms with E-state index in [4.69, 9.17) is 16.7 Å². The third-order valence-electron chi connectivity index (χ3n) is 4.93. The molecule has 0 aliphatic heterocycles. The SMILES string of the molecule is C=CCn1c(-c2ccccc2Cl)cn2cc(C(=O)N(C)[C@@H](C)CCO)nc2c1=O. The second-order valence-corrected chi connectivity index (χ2v) is 7.24. The zero-order chi connectivity index (χ0) is 21.1. The lowest BCUT2D eigenvalue weighted by Gasteiger charge is -2.23. The number of allylic oxidation sites excluding steroid dienone is 1. The van der Waals surface area contributed by atoms with Crippen LogP contribution in [0.25, 0.3) is 16.9 Å². The van der Waals surface area contributed by atoms with E-state index < -0.39 is 0 Å². The van der Waals surface area contributed by atoms with Gasteiger partial charge in [-0.25, -0.2) is 4.98 Å². The fourth-order valence-electron chi connectivity index (χ4n) is 3.14. The highest BCUT2D eigenvalue weighted by molar-refractivity contribution is 6.33. The summed E-state index contributed by atoms with van der Waals surface area (Å²) < 4.78 is 3.08. The summed E-state index contributed by atoms with van der Waals surface area (Å²) in [6, 6.07) is 7.08. The second kappa shape index (κ2) is 8.63. The number of rotatable bonds is 7. The minimum absolute atomic E-state index is 0.0165. The Morgan fingerprint density at radius 1 is 1.38 bits per heavy atom. The van der Waals surface area contributed by atoms with Gasteiger partial charge in [0.15, 0.2) is 0 Å². The van der Waals surface area contributed by atoms with Crippen molar-refractivity contribution in [2.24, 2.45) is 0 Å². The molecule has 152 valence electrons. The Bertz CT molecular complexity index is 1120. The van der Waals surface area contributed by atoms with Crippen molar-refractivity contribution in [3.8, 4) is 11.3 Å². The molecule has 0 unspecified atom stereocenters. The molecule has 29 heavy (non-hydrogen) atoms. The number of carbonyl (C=O) groups is 1. The van der Waals surface area contributed by atoms with Gasteiger partial charge in [-0.15, -0.1) is 6.58 Å². The fourth-order valence-corrected chi connectivity index (χ4v) is 3.37. The van der Waals surface area contributed by atoms with Crippen LogP contribution in [0.15, 0.2) is 54.1 Å². The minimum atomic E-state index is -0.340. The van der Waals surface area contributed by atoms with Crippen molar-refractivity contribution in [2.75, 3.05) is 13.7 Å². The standard InChI is InChI=1S/C21H23ClN4O3/c1-4-10-26-18(15-7-5-6-8-16(15)22)13-25-12-17(23-19(25)21(26)29)20(28)24(3)14(2)9-11-27/h4-8,12-14,27H,1,9-11H2,2-3H3/t14-/m0/s1. The van der Waals surface area contributed by atoms with Gasteiger partial charge in [-0.2, -0.15) is 0 Å². The molecule has 1 atom stereocenters. The summed E-state index contributed by atoms with van der Waals surface area (Å²) in [6.07, 6.45) is 5.36. The van der Waals surface area contributed by atoms with Crippen LogP contribution in [0.1, 0.15) is 23.8 Å². The number of imidazole rings is 1. The summed E-state index contributed by atoms with van der Waals surface area (Å²) in [5, 5.41) is 9.62. The quantitative estimate of drug-likeness (QED) is 0.603. The van der Waals surface area contributed by atoms with Crippen LogP contribution < -0.4 is 5.56 Å². The minimum Gasteiger partial charge on any atom is -0.396 e. The molecule has 1 N–H and O–H groups in total. The molecule has 0 aliphatic rings. The maximum Gasteiger partial charge on any atom is 0.295 e. The van der Waals surface area contributed by atoms with E-state index in [2.05, 4.69) is 11.6 Å². The van der Waals surface area contributed by atoms with Crippen molar-refractivity contribution in [1.29, 1.82) is 0 Å². The first kappa shape index (κ1) is 20.8. The Morgan fingerprint density at radius 3 is 2.76 bits per heavy atom. The molecule has 1 amide bonds. The van der Waals surface area contributed by atoms with Gasteiger partial charge in [0, 0.05) is 49.2 Å². The molecule has 3 rings (SSSR count). The van der Waals surface area contributed by atoms with Gasteiger partial charge in [0.05, 0.1) is 5.69 Å². The van der Waals surface area contributed by atoms with Gasteiger partial charge in [-0.05, 0) is 19.4 Å². The lowest BCUT2D eigenvalue weighted by atomic mass is 10.1. The molecule has 7 nitrogen and oxygen atoms in total. The van der Waals surface area contributed by atoms with Crippen LogP contribution in [0, 0.1) is 0 Å². The van der Waals surface area contributed by atoms with Gasteiger partial charge in [0.2, 0.25) is 5.65 Å². The van der Waals surface area contributed by atoms with E-state index in [1.54, 1.807) is 36.0 Å². The molecule has 0 saturated heterocycles. The van der Waals surface area contributed by atoms with Crippen molar-refractivity contribution in [2.45, 2.75) is 25.9 Å². The molecule has 0 saturated carbocycles. The zero-order valence-corrected chi connectivity index (χ0v) is 17.1. The number of hydrogen-bond acceptors (Lipinski definition) is 4. The Morgan fingerprint density at radius 2 is 2.10 bits per heavy atom. The molecular weight excluding hydrogens is 392 g/mol. The molecule has 8 heteroatoms. The van der Waals surface area contributed by atoms with Crippen molar-refractivity contribution >= 4 is 23.2 Å². The average Bonchev–Trinajstić information content (AvgIpc) is 3.14. The number of carbonyl (C=O) groups excluding carboxylic acids is 1. The van der Waals surface area contributed by atoms with Crippen LogP contribution in [-0.4, -0.2) is 49.6 Å². The smallest absolute Gasteiger partial charge is 0.295 e. The number of hydrogen-bond donors (Lipinski definition) is 1. The van der Waals surface area contributed by atoms with Gasteiger partial charge >= 0.3 is 0 Å². The number of aliphatic hydroxyl groups is 1. The van der Waals surface area contributed by atoms with Gasteiger partial charge < -0.3 is 10.0 Å². The molecule has 2 aromatic heterocycles. The first-order valence-corrected chi connectivity index (χ1v) is 9.63. The number of fused-ring (bicyclic) bond motifs is 1. The molecule has 0 radical (unpaired) electrons. The molecule has 0 fully saturated rings. The van der Waals surface area contributed by atoms with E-state index in [1.807, 2.05) is 25.1 Å². The number of benzene rings is 1. The van der Waals surface area contributed by atoms with E-state index in [9.17, 15) is 9.59 Å². The normalized spacial score (nSPS) is 12.1. The van der Waals surface area contributed by atoms with Crippen LogP contribution in [0.3, 0.4) is 0 Å². The number of aromatic nitrogens is 3. The fraction of sp³-hybridized carbons (Fsp3) is 0.286. The molecule has 0 aliphatic carbocycles. The zero-order valence-electron chi connectivity index (χ0n) is 16.4. The number of amides is 1. The predicted octanol–water partition coefficient (Wildman–Crippen LogP) is 2.85. The van der Waals surface area contributed by atoms with E-state index >= 15 is 0 Å².